The van der Waals surface area contributed by atoms with Crippen LogP contribution < -0.4 is 5.32 Å². The van der Waals surface area contributed by atoms with Crippen LogP contribution in [0.15, 0.2) is 30.3 Å². The highest BCUT2D eigenvalue weighted by Crippen LogP contribution is 2.29. The first-order valence-corrected chi connectivity index (χ1v) is 7.47. The quantitative estimate of drug-likeness (QED) is 0.753. The maximum Gasteiger partial charge on any atom is 0.0612 e. The minimum absolute atomic E-state index is 0.271. The predicted octanol–water partition coefficient (Wildman–Crippen LogP) is 5.79. The van der Waals surface area contributed by atoms with Crippen LogP contribution in [-0.4, -0.2) is 0 Å². The van der Waals surface area contributed by atoms with Crippen molar-refractivity contribution in [3.8, 4) is 0 Å². The minimum Gasteiger partial charge on any atom is -0.378 e. The normalized spacial score (nSPS) is 12.4. The Kier molecular flexibility index (Phi) is 4.55. The zero-order chi connectivity index (χ0) is 13.1. The molecule has 0 spiro atoms. The van der Waals surface area contributed by atoms with Crippen LogP contribution in [0.2, 0.25) is 10.0 Å². The number of anilines is 1. The maximum absolute atomic E-state index is 6.00. The molecule has 0 saturated heterocycles. The van der Waals surface area contributed by atoms with E-state index < -0.39 is 0 Å². The van der Waals surface area contributed by atoms with Gasteiger partial charge in [0.1, 0.15) is 0 Å². The Labute approximate surface area is 122 Å². The number of hydrogen-bond acceptors (Lipinski definition) is 2. The first-order valence-electron chi connectivity index (χ1n) is 5.90. The molecule has 1 nitrogen and oxygen atoms in total. The molecule has 2 aromatic rings. The Balaban J connectivity index is 2.10. The average molecular weight is 300 g/mol. The van der Waals surface area contributed by atoms with Crippen molar-refractivity contribution in [2.75, 3.05) is 5.32 Å². The Morgan fingerprint density at radius 1 is 1.17 bits per heavy atom. The van der Waals surface area contributed by atoms with Gasteiger partial charge in [-0.3, -0.25) is 0 Å². The van der Waals surface area contributed by atoms with Gasteiger partial charge < -0.3 is 5.32 Å². The molecule has 0 saturated carbocycles. The fourth-order valence-corrected chi connectivity index (χ4v) is 2.98. The number of rotatable bonds is 4. The van der Waals surface area contributed by atoms with E-state index in [0.29, 0.717) is 10.0 Å². The van der Waals surface area contributed by atoms with E-state index in [9.17, 15) is 0 Å². The average Bonchev–Trinajstić information content (AvgIpc) is 2.82. The molecule has 1 aromatic carbocycles. The monoisotopic (exact) mass is 299 g/mol. The SMILES string of the molecule is CCc1ccc(C(C)Nc2ccc(Cl)c(Cl)c2)s1. The molecule has 0 fully saturated rings. The van der Waals surface area contributed by atoms with Crippen molar-refractivity contribution in [2.45, 2.75) is 26.3 Å². The Morgan fingerprint density at radius 2 is 1.94 bits per heavy atom. The van der Waals surface area contributed by atoms with Gasteiger partial charge in [-0.05, 0) is 43.7 Å². The Bertz CT molecular complexity index is 536. The maximum atomic E-state index is 6.00. The zero-order valence-corrected chi connectivity index (χ0v) is 12.7. The van der Waals surface area contributed by atoms with E-state index in [1.54, 1.807) is 0 Å². The van der Waals surface area contributed by atoms with Crippen molar-refractivity contribution < 1.29 is 0 Å². The van der Waals surface area contributed by atoms with Gasteiger partial charge in [0.2, 0.25) is 0 Å². The fraction of sp³-hybridized carbons (Fsp3) is 0.286. The molecular formula is C14H15Cl2NS. The van der Waals surface area contributed by atoms with Gasteiger partial charge in [0.25, 0.3) is 0 Å². The smallest absolute Gasteiger partial charge is 0.0612 e. The summed E-state index contributed by atoms with van der Waals surface area (Å²) in [5, 5.41) is 4.59. The zero-order valence-electron chi connectivity index (χ0n) is 10.3. The summed E-state index contributed by atoms with van der Waals surface area (Å²) in [4.78, 5) is 2.74. The third-order valence-electron chi connectivity index (χ3n) is 2.76. The van der Waals surface area contributed by atoms with Gasteiger partial charge in [-0.15, -0.1) is 11.3 Å². The summed E-state index contributed by atoms with van der Waals surface area (Å²) >= 11 is 13.7. The van der Waals surface area contributed by atoms with Gasteiger partial charge in [0, 0.05) is 15.4 Å². The van der Waals surface area contributed by atoms with Crippen LogP contribution in [0, 0.1) is 0 Å². The van der Waals surface area contributed by atoms with Gasteiger partial charge in [0.15, 0.2) is 0 Å². The van der Waals surface area contributed by atoms with Crippen LogP contribution >= 0.6 is 34.5 Å². The molecule has 0 aliphatic rings. The van der Waals surface area contributed by atoms with Crippen LogP contribution in [0.4, 0.5) is 5.69 Å². The summed E-state index contributed by atoms with van der Waals surface area (Å²) < 4.78 is 0. The van der Waals surface area contributed by atoms with E-state index in [1.165, 1.54) is 9.75 Å². The third-order valence-corrected chi connectivity index (χ3v) is 4.91. The lowest BCUT2D eigenvalue weighted by Crippen LogP contribution is -2.04. The Morgan fingerprint density at radius 3 is 2.56 bits per heavy atom. The second kappa shape index (κ2) is 5.96. The number of halogens is 2. The van der Waals surface area contributed by atoms with E-state index in [1.807, 2.05) is 29.5 Å². The highest BCUT2D eigenvalue weighted by Gasteiger charge is 2.09. The lowest BCUT2D eigenvalue weighted by Gasteiger charge is -2.14. The van der Waals surface area contributed by atoms with Crippen LogP contribution in [0.1, 0.15) is 29.6 Å². The molecule has 1 N–H and O–H groups in total. The predicted molar refractivity (Wildman–Crippen MR) is 82.2 cm³/mol. The summed E-state index contributed by atoms with van der Waals surface area (Å²) in [6.07, 6.45) is 1.09. The van der Waals surface area contributed by atoms with E-state index in [2.05, 4.69) is 31.3 Å². The van der Waals surface area contributed by atoms with Crippen LogP contribution in [0.25, 0.3) is 0 Å². The van der Waals surface area contributed by atoms with E-state index in [0.717, 1.165) is 12.1 Å². The van der Waals surface area contributed by atoms with Crippen molar-refractivity contribution in [1.82, 2.24) is 0 Å². The molecule has 1 unspecified atom stereocenters. The molecule has 4 heteroatoms. The molecular weight excluding hydrogens is 285 g/mol. The lowest BCUT2D eigenvalue weighted by atomic mass is 10.2. The van der Waals surface area contributed by atoms with Crippen molar-refractivity contribution in [2.24, 2.45) is 0 Å². The lowest BCUT2D eigenvalue weighted by molar-refractivity contribution is 0.908. The summed E-state index contributed by atoms with van der Waals surface area (Å²) in [6, 6.07) is 10.2. The summed E-state index contributed by atoms with van der Waals surface area (Å²) in [5.74, 6) is 0. The second-order valence-electron chi connectivity index (χ2n) is 4.15. The molecule has 2 rings (SSSR count). The van der Waals surface area contributed by atoms with Crippen molar-refractivity contribution in [3.05, 3.63) is 50.1 Å². The molecule has 18 heavy (non-hydrogen) atoms. The third kappa shape index (κ3) is 3.19. The van der Waals surface area contributed by atoms with Crippen molar-refractivity contribution in [1.29, 1.82) is 0 Å². The van der Waals surface area contributed by atoms with E-state index in [-0.39, 0.29) is 6.04 Å². The summed E-state index contributed by atoms with van der Waals surface area (Å²) in [7, 11) is 0. The molecule has 0 radical (unpaired) electrons. The highest BCUT2D eigenvalue weighted by atomic mass is 35.5. The van der Waals surface area contributed by atoms with Gasteiger partial charge in [-0.1, -0.05) is 30.1 Å². The highest BCUT2D eigenvalue weighted by molar-refractivity contribution is 7.12. The number of hydrogen-bond donors (Lipinski definition) is 1. The largest absolute Gasteiger partial charge is 0.378 e. The van der Waals surface area contributed by atoms with Gasteiger partial charge in [0.05, 0.1) is 16.1 Å². The first kappa shape index (κ1) is 13.7. The van der Waals surface area contributed by atoms with Crippen LogP contribution in [0.5, 0.6) is 0 Å². The molecule has 1 atom stereocenters. The Hall–Kier alpha value is -0.700. The van der Waals surface area contributed by atoms with Crippen LogP contribution in [-0.2, 0) is 6.42 Å². The van der Waals surface area contributed by atoms with Gasteiger partial charge >= 0.3 is 0 Å². The van der Waals surface area contributed by atoms with Gasteiger partial charge in [-0.25, -0.2) is 0 Å². The molecule has 1 aromatic heterocycles. The second-order valence-corrected chi connectivity index (χ2v) is 6.17. The van der Waals surface area contributed by atoms with Crippen molar-refractivity contribution >= 4 is 40.2 Å². The standard InChI is InChI=1S/C14H15Cl2NS/c1-3-11-5-7-14(18-11)9(2)17-10-4-6-12(15)13(16)8-10/h4-9,17H,3H2,1-2H3. The summed E-state index contributed by atoms with van der Waals surface area (Å²) in [6.45, 7) is 4.32. The molecule has 0 bridgehead atoms. The number of benzene rings is 1. The van der Waals surface area contributed by atoms with Crippen LogP contribution in [0.3, 0.4) is 0 Å². The van der Waals surface area contributed by atoms with Crippen molar-refractivity contribution in [3.63, 3.8) is 0 Å². The molecule has 0 aliphatic heterocycles. The van der Waals surface area contributed by atoms with Gasteiger partial charge in [-0.2, -0.15) is 0 Å². The fourth-order valence-electron chi connectivity index (χ4n) is 1.72. The first-order chi connectivity index (χ1) is 8.60. The van der Waals surface area contributed by atoms with E-state index in [4.69, 9.17) is 23.2 Å². The number of thiophene rings is 1. The number of nitrogens with one attached hydrogen (secondary N) is 1. The minimum atomic E-state index is 0.271. The molecule has 0 amide bonds. The summed E-state index contributed by atoms with van der Waals surface area (Å²) in [5.41, 5.74) is 0.989. The number of aryl methyl sites for hydroxylation is 1. The van der Waals surface area contributed by atoms with E-state index >= 15 is 0 Å². The topological polar surface area (TPSA) is 12.0 Å². The molecule has 96 valence electrons. The molecule has 0 aliphatic carbocycles. The molecule has 1 heterocycles.